The summed E-state index contributed by atoms with van der Waals surface area (Å²) in [6.45, 7) is 1.81. The van der Waals surface area contributed by atoms with Crippen molar-refractivity contribution in [3.63, 3.8) is 0 Å². The lowest BCUT2D eigenvalue weighted by atomic mass is 10.1. The van der Waals surface area contributed by atoms with Gasteiger partial charge in [-0.15, -0.1) is 0 Å². The van der Waals surface area contributed by atoms with E-state index in [9.17, 15) is 4.79 Å². The Hall–Kier alpha value is -1.39. The minimum atomic E-state index is -0.0656. The van der Waals surface area contributed by atoms with Gasteiger partial charge < -0.3 is 0 Å². The van der Waals surface area contributed by atoms with Gasteiger partial charge >= 0.3 is 0 Å². The molecule has 2 aromatic heterocycles. The van der Waals surface area contributed by atoms with Crippen LogP contribution in [0.5, 0.6) is 0 Å². The maximum Gasteiger partial charge on any atom is 0.169 e. The molecule has 0 saturated heterocycles. The van der Waals surface area contributed by atoms with E-state index >= 15 is 0 Å². The van der Waals surface area contributed by atoms with Crippen molar-refractivity contribution in [2.45, 2.75) is 13.3 Å². The number of hydrogen-bond acceptors (Lipinski definition) is 3. The molecule has 0 aliphatic heterocycles. The number of ketones is 1. The lowest BCUT2D eigenvalue weighted by molar-refractivity contribution is 0.0990. The number of carbonyl (C=O) groups is 1. The van der Waals surface area contributed by atoms with Crippen LogP contribution in [-0.4, -0.2) is 20.5 Å². The predicted octanol–water partition coefficient (Wildman–Crippen LogP) is 2.86. The molecule has 2 aromatic rings. The number of halogens is 2. The minimum absolute atomic E-state index is 0.0656. The van der Waals surface area contributed by atoms with E-state index in [0.717, 1.165) is 5.69 Å². The molecular weight excluding hydrogens is 273 g/mol. The van der Waals surface area contributed by atoms with Crippen molar-refractivity contribution in [3.8, 4) is 0 Å². The zero-order valence-electron chi connectivity index (χ0n) is 9.94. The third kappa shape index (κ3) is 2.54. The highest BCUT2D eigenvalue weighted by atomic mass is 35.5. The molecule has 0 aromatic carbocycles. The molecule has 2 heterocycles. The topological polar surface area (TPSA) is 47.8 Å². The van der Waals surface area contributed by atoms with Gasteiger partial charge in [-0.2, -0.15) is 5.10 Å². The van der Waals surface area contributed by atoms with Gasteiger partial charge in [-0.25, -0.2) is 4.98 Å². The van der Waals surface area contributed by atoms with Gasteiger partial charge in [0.25, 0.3) is 0 Å². The van der Waals surface area contributed by atoms with Crippen LogP contribution in [0.25, 0.3) is 0 Å². The number of aryl methyl sites for hydroxylation is 2. The molecule has 0 saturated carbocycles. The number of carbonyl (C=O) groups excluding carboxylic acids is 1. The van der Waals surface area contributed by atoms with Gasteiger partial charge in [-0.3, -0.25) is 9.48 Å². The van der Waals surface area contributed by atoms with Crippen LogP contribution in [-0.2, 0) is 13.5 Å². The van der Waals surface area contributed by atoms with Crippen molar-refractivity contribution in [1.29, 1.82) is 0 Å². The summed E-state index contributed by atoms with van der Waals surface area (Å²) in [6.07, 6.45) is 1.70. The maximum atomic E-state index is 12.1. The Labute approximate surface area is 115 Å². The van der Waals surface area contributed by atoms with Crippen LogP contribution in [0.1, 0.15) is 21.7 Å². The van der Waals surface area contributed by atoms with Crippen LogP contribution >= 0.6 is 23.2 Å². The summed E-state index contributed by atoms with van der Waals surface area (Å²) in [6, 6.07) is 3.17. The molecule has 0 atom stereocenters. The number of hydrogen-bond donors (Lipinski definition) is 0. The van der Waals surface area contributed by atoms with E-state index in [2.05, 4.69) is 10.1 Å². The van der Waals surface area contributed by atoms with E-state index < -0.39 is 0 Å². The highest BCUT2D eigenvalue weighted by Crippen LogP contribution is 2.21. The summed E-state index contributed by atoms with van der Waals surface area (Å²) in [7, 11) is 1.76. The minimum Gasteiger partial charge on any atom is -0.294 e. The fourth-order valence-corrected chi connectivity index (χ4v) is 2.10. The van der Waals surface area contributed by atoms with Crippen LogP contribution in [0.15, 0.2) is 18.3 Å². The first-order chi connectivity index (χ1) is 8.49. The van der Waals surface area contributed by atoms with Crippen molar-refractivity contribution in [1.82, 2.24) is 14.8 Å². The molecular formula is C12H11Cl2N3O. The Morgan fingerprint density at radius 1 is 1.44 bits per heavy atom. The van der Waals surface area contributed by atoms with E-state index in [4.69, 9.17) is 23.2 Å². The molecule has 0 N–H and O–H groups in total. The Balaban J connectivity index is 2.27. The SMILES string of the molecule is Cc1nn(C)c(CC(=O)c2ccnc(Cl)c2)c1Cl. The highest BCUT2D eigenvalue weighted by Gasteiger charge is 2.16. The second kappa shape index (κ2) is 5.08. The number of Topliss-reactive ketones (excluding diaryl/α,β-unsaturated/α-hetero) is 1. The molecule has 0 unspecified atom stereocenters. The summed E-state index contributed by atoms with van der Waals surface area (Å²) >= 11 is 11.9. The quantitative estimate of drug-likeness (QED) is 0.643. The molecule has 0 amide bonds. The molecule has 0 radical (unpaired) electrons. The molecule has 2 rings (SSSR count). The lowest BCUT2D eigenvalue weighted by Gasteiger charge is -2.03. The summed E-state index contributed by atoms with van der Waals surface area (Å²) in [5.41, 5.74) is 1.94. The van der Waals surface area contributed by atoms with Crippen molar-refractivity contribution in [2.24, 2.45) is 7.05 Å². The normalized spacial score (nSPS) is 10.7. The first kappa shape index (κ1) is 13.1. The molecule has 0 aliphatic rings. The van der Waals surface area contributed by atoms with E-state index in [1.54, 1.807) is 30.8 Å². The summed E-state index contributed by atoms with van der Waals surface area (Å²) in [5, 5.41) is 5.00. The fraction of sp³-hybridized carbons (Fsp3) is 0.250. The molecule has 6 heteroatoms. The standard InChI is InChI=1S/C12H11Cl2N3O/c1-7-12(14)9(17(2)16-7)6-10(18)8-3-4-15-11(13)5-8/h3-5H,6H2,1-2H3. The lowest BCUT2D eigenvalue weighted by Crippen LogP contribution is -2.08. The van der Waals surface area contributed by atoms with Crippen molar-refractivity contribution < 1.29 is 4.79 Å². The zero-order chi connectivity index (χ0) is 13.3. The van der Waals surface area contributed by atoms with Crippen LogP contribution in [0, 0.1) is 6.92 Å². The first-order valence-corrected chi connectivity index (χ1v) is 6.07. The summed E-state index contributed by atoms with van der Waals surface area (Å²) < 4.78 is 1.62. The van der Waals surface area contributed by atoms with Gasteiger partial charge in [-0.1, -0.05) is 23.2 Å². The Morgan fingerprint density at radius 2 is 2.17 bits per heavy atom. The van der Waals surface area contributed by atoms with Gasteiger partial charge in [0.15, 0.2) is 5.78 Å². The zero-order valence-corrected chi connectivity index (χ0v) is 11.5. The number of rotatable bonds is 3. The van der Waals surface area contributed by atoms with Crippen molar-refractivity contribution in [2.75, 3.05) is 0 Å². The van der Waals surface area contributed by atoms with Crippen LogP contribution in [0.4, 0.5) is 0 Å². The number of pyridine rings is 1. The van der Waals surface area contributed by atoms with Gasteiger partial charge in [0.1, 0.15) is 5.15 Å². The maximum absolute atomic E-state index is 12.1. The van der Waals surface area contributed by atoms with Gasteiger partial charge in [0, 0.05) is 18.8 Å². The molecule has 0 fully saturated rings. The molecule has 4 nitrogen and oxygen atoms in total. The third-order valence-electron chi connectivity index (χ3n) is 2.64. The molecule has 18 heavy (non-hydrogen) atoms. The van der Waals surface area contributed by atoms with E-state index in [-0.39, 0.29) is 12.2 Å². The van der Waals surface area contributed by atoms with E-state index in [1.165, 1.54) is 6.20 Å². The molecule has 94 valence electrons. The van der Waals surface area contributed by atoms with Gasteiger partial charge in [-0.05, 0) is 19.1 Å². The average molecular weight is 284 g/mol. The van der Waals surface area contributed by atoms with Gasteiger partial charge in [0.05, 0.1) is 22.8 Å². The summed E-state index contributed by atoms with van der Waals surface area (Å²) in [4.78, 5) is 15.9. The van der Waals surface area contributed by atoms with Crippen LogP contribution < -0.4 is 0 Å². The van der Waals surface area contributed by atoms with Gasteiger partial charge in [0.2, 0.25) is 0 Å². The average Bonchev–Trinajstić information content (AvgIpc) is 2.56. The third-order valence-corrected chi connectivity index (χ3v) is 3.34. The molecule has 0 spiro atoms. The summed E-state index contributed by atoms with van der Waals surface area (Å²) in [5.74, 6) is -0.0656. The number of aromatic nitrogens is 3. The highest BCUT2D eigenvalue weighted by molar-refractivity contribution is 6.32. The second-order valence-electron chi connectivity index (χ2n) is 3.94. The first-order valence-electron chi connectivity index (χ1n) is 5.31. The number of nitrogens with zero attached hydrogens (tertiary/aromatic N) is 3. The van der Waals surface area contributed by atoms with Crippen LogP contribution in [0.3, 0.4) is 0 Å². The van der Waals surface area contributed by atoms with Crippen molar-refractivity contribution in [3.05, 3.63) is 45.5 Å². The Kier molecular flexibility index (Phi) is 3.68. The Morgan fingerprint density at radius 3 is 2.72 bits per heavy atom. The second-order valence-corrected chi connectivity index (χ2v) is 4.70. The predicted molar refractivity (Wildman–Crippen MR) is 70.2 cm³/mol. The van der Waals surface area contributed by atoms with Crippen LogP contribution in [0.2, 0.25) is 10.2 Å². The molecule has 0 aliphatic carbocycles. The largest absolute Gasteiger partial charge is 0.294 e. The van der Waals surface area contributed by atoms with E-state index in [0.29, 0.717) is 21.4 Å². The monoisotopic (exact) mass is 283 g/mol. The van der Waals surface area contributed by atoms with E-state index in [1.807, 2.05) is 0 Å². The molecule has 0 bridgehead atoms. The Bertz CT molecular complexity index is 607. The smallest absolute Gasteiger partial charge is 0.169 e. The van der Waals surface area contributed by atoms with Crippen molar-refractivity contribution >= 4 is 29.0 Å². The fourth-order valence-electron chi connectivity index (χ4n) is 1.70.